The van der Waals surface area contributed by atoms with Crippen molar-refractivity contribution in [3.8, 4) is 5.75 Å². The highest BCUT2D eigenvalue weighted by Crippen LogP contribution is 2.27. The van der Waals surface area contributed by atoms with Crippen LogP contribution in [0.15, 0.2) is 48.5 Å². The van der Waals surface area contributed by atoms with Crippen LogP contribution in [0.5, 0.6) is 5.75 Å². The first-order chi connectivity index (χ1) is 15.4. The zero-order valence-corrected chi connectivity index (χ0v) is 20.5. The molecule has 0 aliphatic heterocycles. The fourth-order valence-electron chi connectivity index (χ4n) is 3.29. The van der Waals surface area contributed by atoms with Gasteiger partial charge < -0.3 is 15.0 Å². The molecule has 2 amide bonds. The van der Waals surface area contributed by atoms with Gasteiger partial charge in [-0.15, -0.1) is 0 Å². The fourth-order valence-corrected chi connectivity index (χ4v) is 3.81. The number of para-hydroxylation sites is 1. The van der Waals surface area contributed by atoms with Crippen LogP contribution < -0.4 is 10.1 Å². The summed E-state index contributed by atoms with van der Waals surface area (Å²) in [5, 5.41) is 3.94. The summed E-state index contributed by atoms with van der Waals surface area (Å²) in [5.41, 5.74) is 0.638. The number of carbonyl (C=O) groups excluding carboxylic acids is 2. The number of benzene rings is 2. The first-order valence-electron chi connectivity index (χ1n) is 11.1. The maximum atomic E-state index is 13.2. The molecule has 0 aromatic heterocycles. The molecular formula is C25H32Cl2N2O3. The number of hydrogen-bond acceptors (Lipinski definition) is 3. The quantitative estimate of drug-likeness (QED) is 0.387. The molecule has 0 unspecified atom stereocenters. The van der Waals surface area contributed by atoms with Gasteiger partial charge in [0.2, 0.25) is 11.8 Å². The molecule has 0 spiro atoms. The lowest BCUT2D eigenvalue weighted by molar-refractivity contribution is -0.141. The summed E-state index contributed by atoms with van der Waals surface area (Å²) in [6.45, 7) is 6.43. The lowest BCUT2D eigenvalue weighted by Crippen LogP contribution is -2.50. The van der Waals surface area contributed by atoms with Gasteiger partial charge in [-0.2, -0.15) is 0 Å². The normalized spacial score (nSPS) is 12.7. The van der Waals surface area contributed by atoms with Crippen molar-refractivity contribution in [2.45, 2.75) is 65.1 Å². The van der Waals surface area contributed by atoms with Gasteiger partial charge in [0.15, 0.2) is 0 Å². The first kappa shape index (κ1) is 26.0. The number of rotatable bonds is 12. The van der Waals surface area contributed by atoms with Crippen molar-refractivity contribution in [1.82, 2.24) is 10.2 Å². The van der Waals surface area contributed by atoms with Gasteiger partial charge in [0.1, 0.15) is 11.8 Å². The Kier molecular flexibility index (Phi) is 10.8. The Balaban J connectivity index is 2.14. The summed E-state index contributed by atoms with van der Waals surface area (Å²) in [4.78, 5) is 27.8. The van der Waals surface area contributed by atoms with Crippen LogP contribution in [0.25, 0.3) is 0 Å². The third-order valence-electron chi connectivity index (χ3n) is 5.32. The molecule has 0 aliphatic carbocycles. The van der Waals surface area contributed by atoms with E-state index in [1.807, 2.05) is 51.1 Å². The van der Waals surface area contributed by atoms with E-state index < -0.39 is 6.04 Å². The zero-order valence-electron chi connectivity index (χ0n) is 18.9. The van der Waals surface area contributed by atoms with Gasteiger partial charge in [-0.3, -0.25) is 9.59 Å². The average Bonchev–Trinajstić information content (AvgIpc) is 2.78. The lowest BCUT2D eigenvalue weighted by Gasteiger charge is -2.32. The van der Waals surface area contributed by atoms with Crippen molar-refractivity contribution >= 4 is 35.0 Å². The molecule has 0 aliphatic rings. The molecule has 2 atom stereocenters. The van der Waals surface area contributed by atoms with Crippen molar-refractivity contribution in [2.75, 3.05) is 6.61 Å². The van der Waals surface area contributed by atoms with E-state index in [9.17, 15) is 9.59 Å². The van der Waals surface area contributed by atoms with E-state index in [1.54, 1.807) is 23.1 Å². The van der Waals surface area contributed by atoms with Gasteiger partial charge >= 0.3 is 0 Å². The third-order valence-corrected chi connectivity index (χ3v) is 6.03. The molecule has 32 heavy (non-hydrogen) atoms. The lowest BCUT2D eigenvalue weighted by atomic mass is 10.1. The molecule has 2 aromatic rings. The van der Waals surface area contributed by atoms with Crippen LogP contribution in [0.2, 0.25) is 10.0 Å². The van der Waals surface area contributed by atoms with Crippen molar-refractivity contribution in [3.63, 3.8) is 0 Å². The Morgan fingerprint density at radius 1 is 1.00 bits per heavy atom. The average molecular weight is 479 g/mol. The zero-order chi connectivity index (χ0) is 23.5. The Hall–Kier alpha value is -2.24. The molecule has 0 radical (unpaired) electrons. The molecule has 0 fully saturated rings. The van der Waals surface area contributed by atoms with Crippen molar-refractivity contribution < 1.29 is 14.3 Å². The number of ether oxygens (including phenoxy) is 1. The third kappa shape index (κ3) is 7.72. The number of carbonyl (C=O) groups is 2. The van der Waals surface area contributed by atoms with Gasteiger partial charge in [0.25, 0.3) is 0 Å². The van der Waals surface area contributed by atoms with Gasteiger partial charge in [-0.1, -0.05) is 61.3 Å². The van der Waals surface area contributed by atoms with Crippen LogP contribution in [-0.2, 0) is 16.1 Å². The van der Waals surface area contributed by atoms with E-state index in [-0.39, 0.29) is 30.8 Å². The van der Waals surface area contributed by atoms with E-state index in [0.717, 1.165) is 12.2 Å². The highest BCUT2D eigenvalue weighted by atomic mass is 35.5. The second-order valence-corrected chi connectivity index (χ2v) is 8.54. The maximum Gasteiger partial charge on any atom is 0.243 e. The molecule has 0 saturated heterocycles. The number of amides is 2. The van der Waals surface area contributed by atoms with Gasteiger partial charge in [-0.05, 0) is 50.5 Å². The summed E-state index contributed by atoms with van der Waals surface area (Å²) in [5.74, 6) is 0.460. The summed E-state index contributed by atoms with van der Waals surface area (Å²) in [7, 11) is 0. The number of halogens is 2. The highest BCUT2D eigenvalue weighted by Gasteiger charge is 2.30. The molecule has 7 heteroatoms. The molecule has 5 nitrogen and oxygen atoms in total. The minimum Gasteiger partial charge on any atom is -0.494 e. The molecule has 2 rings (SSSR count). The van der Waals surface area contributed by atoms with Crippen LogP contribution >= 0.6 is 23.2 Å². The maximum absolute atomic E-state index is 13.2. The predicted molar refractivity (Wildman–Crippen MR) is 130 cm³/mol. The van der Waals surface area contributed by atoms with E-state index in [1.165, 1.54) is 0 Å². The van der Waals surface area contributed by atoms with Crippen LogP contribution in [0.3, 0.4) is 0 Å². The minimum absolute atomic E-state index is 0.0247. The molecule has 2 aromatic carbocycles. The molecule has 0 bridgehead atoms. The number of nitrogens with zero attached hydrogens (tertiary/aromatic N) is 1. The molecule has 174 valence electrons. The number of nitrogens with one attached hydrogen (secondary N) is 1. The van der Waals surface area contributed by atoms with Crippen LogP contribution in [0.4, 0.5) is 0 Å². The second-order valence-electron chi connectivity index (χ2n) is 7.73. The summed E-state index contributed by atoms with van der Waals surface area (Å²) >= 11 is 12.7. The molecular weight excluding hydrogens is 447 g/mol. The Labute approximate surface area is 201 Å². The van der Waals surface area contributed by atoms with E-state index in [2.05, 4.69) is 5.32 Å². The van der Waals surface area contributed by atoms with Gasteiger partial charge in [0, 0.05) is 34.6 Å². The predicted octanol–water partition coefficient (Wildman–Crippen LogP) is 5.87. The van der Waals surface area contributed by atoms with E-state index in [0.29, 0.717) is 35.1 Å². The first-order valence-corrected chi connectivity index (χ1v) is 11.8. The van der Waals surface area contributed by atoms with Crippen molar-refractivity contribution in [1.29, 1.82) is 0 Å². The highest BCUT2D eigenvalue weighted by molar-refractivity contribution is 6.36. The SMILES string of the molecule is CC[C@H](C(=O)N[C@@H](C)CC)N(Cc1c(Cl)cccc1Cl)C(=O)CCCOc1ccccc1. The van der Waals surface area contributed by atoms with Crippen LogP contribution in [0, 0.1) is 0 Å². The number of hydrogen-bond donors (Lipinski definition) is 1. The fraction of sp³-hybridized carbons (Fsp3) is 0.440. The minimum atomic E-state index is -0.612. The Morgan fingerprint density at radius 3 is 2.25 bits per heavy atom. The van der Waals surface area contributed by atoms with Gasteiger partial charge in [0.05, 0.1) is 6.61 Å². The summed E-state index contributed by atoms with van der Waals surface area (Å²) in [6.07, 6.45) is 2.08. The Bertz CT molecular complexity index is 856. The standard InChI is InChI=1S/C25H32Cl2N2O3/c1-4-18(3)28-25(31)23(5-2)29(17-20-21(26)13-9-14-22(20)27)24(30)15-10-16-32-19-11-7-6-8-12-19/h6-9,11-14,18,23H,4-5,10,15-17H2,1-3H3,(H,28,31)/t18-,23+/m0/s1. The molecule has 0 heterocycles. The second kappa shape index (κ2) is 13.3. The molecule has 1 N–H and O–H groups in total. The monoisotopic (exact) mass is 478 g/mol. The Morgan fingerprint density at radius 2 is 1.66 bits per heavy atom. The van der Waals surface area contributed by atoms with E-state index >= 15 is 0 Å². The smallest absolute Gasteiger partial charge is 0.243 e. The summed E-state index contributed by atoms with van der Waals surface area (Å²) < 4.78 is 5.70. The van der Waals surface area contributed by atoms with E-state index in [4.69, 9.17) is 27.9 Å². The van der Waals surface area contributed by atoms with Crippen molar-refractivity contribution in [2.24, 2.45) is 0 Å². The topological polar surface area (TPSA) is 58.6 Å². The van der Waals surface area contributed by atoms with Crippen molar-refractivity contribution in [3.05, 3.63) is 64.1 Å². The van der Waals surface area contributed by atoms with Crippen LogP contribution in [0.1, 0.15) is 52.0 Å². The van der Waals surface area contributed by atoms with Crippen LogP contribution in [-0.4, -0.2) is 35.4 Å². The van der Waals surface area contributed by atoms with Gasteiger partial charge in [-0.25, -0.2) is 0 Å². The largest absolute Gasteiger partial charge is 0.494 e. The molecule has 0 saturated carbocycles. The summed E-state index contributed by atoms with van der Waals surface area (Å²) in [6, 6.07) is 14.1.